The van der Waals surface area contributed by atoms with Crippen LogP contribution in [0.2, 0.25) is 0 Å². The molecule has 5 nitrogen and oxygen atoms in total. The van der Waals surface area contributed by atoms with E-state index < -0.39 is 30.1 Å². The zero-order valence-corrected chi connectivity index (χ0v) is 19.9. The molecule has 0 amide bonds. The zero-order valence-electron chi connectivity index (χ0n) is 18.4. The van der Waals surface area contributed by atoms with Crippen molar-refractivity contribution in [2.24, 2.45) is 0 Å². The number of alkyl halides is 6. The van der Waals surface area contributed by atoms with Crippen molar-refractivity contribution < 1.29 is 40.6 Å². The Bertz CT molecular complexity index is 1140. The van der Waals surface area contributed by atoms with E-state index >= 15 is 0 Å². The van der Waals surface area contributed by atoms with Gasteiger partial charge in [-0.15, -0.1) is 0 Å². The van der Waals surface area contributed by atoms with E-state index in [1.165, 1.54) is 20.3 Å². The third kappa shape index (κ3) is 6.93. The molecule has 35 heavy (non-hydrogen) atoms. The van der Waals surface area contributed by atoms with Crippen LogP contribution in [0, 0.1) is 0 Å². The van der Waals surface area contributed by atoms with Crippen molar-refractivity contribution >= 4 is 21.7 Å². The number of hydrogen-bond acceptors (Lipinski definition) is 5. The second-order valence-electron chi connectivity index (χ2n) is 7.22. The molecule has 0 atom stereocenters. The molecule has 0 aliphatic carbocycles. The summed E-state index contributed by atoms with van der Waals surface area (Å²) in [6.07, 6.45) is -8.33. The van der Waals surface area contributed by atoms with E-state index in [1.807, 2.05) is 0 Å². The first kappa shape index (κ1) is 26.5. The van der Waals surface area contributed by atoms with Crippen molar-refractivity contribution in [3.05, 3.63) is 75.4 Å². The molecule has 0 fully saturated rings. The van der Waals surface area contributed by atoms with E-state index in [1.54, 1.807) is 24.4 Å². The van der Waals surface area contributed by atoms with Crippen LogP contribution in [0.5, 0.6) is 17.2 Å². The number of pyridine rings is 1. The van der Waals surface area contributed by atoms with Crippen molar-refractivity contribution in [3.8, 4) is 17.2 Å². The van der Waals surface area contributed by atoms with Crippen molar-refractivity contribution in [3.63, 3.8) is 0 Å². The molecule has 0 spiro atoms. The molecule has 188 valence electrons. The van der Waals surface area contributed by atoms with Crippen LogP contribution in [0.25, 0.3) is 0 Å². The van der Waals surface area contributed by atoms with E-state index in [2.05, 4.69) is 26.2 Å². The molecular weight excluding hydrogens is 546 g/mol. The van der Waals surface area contributed by atoms with Crippen LogP contribution in [-0.2, 0) is 25.5 Å². The number of halogens is 7. The van der Waals surface area contributed by atoms with Gasteiger partial charge in [-0.3, -0.25) is 0 Å². The molecule has 1 heterocycles. The summed E-state index contributed by atoms with van der Waals surface area (Å²) in [6.45, 7) is -0.430. The highest BCUT2D eigenvalue weighted by Crippen LogP contribution is 2.38. The number of aromatic nitrogens is 1. The molecular formula is C23H19BrF6N2O3. The Labute approximate surface area is 205 Å². The van der Waals surface area contributed by atoms with Gasteiger partial charge in [0.1, 0.15) is 29.7 Å². The quantitative estimate of drug-likeness (QED) is 0.296. The molecule has 0 radical (unpaired) electrons. The van der Waals surface area contributed by atoms with Crippen LogP contribution < -0.4 is 19.5 Å². The lowest BCUT2D eigenvalue weighted by molar-refractivity contribution is -0.143. The highest BCUT2D eigenvalue weighted by Gasteiger charge is 2.37. The summed E-state index contributed by atoms with van der Waals surface area (Å²) in [5.74, 6) is 1.33. The lowest BCUT2D eigenvalue weighted by Crippen LogP contribution is -2.13. The number of ether oxygens (including phenoxy) is 3. The molecule has 3 rings (SSSR count). The molecule has 1 N–H and O–H groups in total. The summed E-state index contributed by atoms with van der Waals surface area (Å²) in [5, 5.41) is 3.07. The van der Waals surface area contributed by atoms with Gasteiger partial charge in [-0.2, -0.15) is 26.3 Å². The number of nitrogens with one attached hydrogen (secondary N) is 1. The highest BCUT2D eigenvalue weighted by atomic mass is 79.9. The summed E-state index contributed by atoms with van der Waals surface area (Å²) in [6, 6.07) is 7.83. The van der Waals surface area contributed by atoms with Gasteiger partial charge in [0.05, 0.1) is 30.9 Å². The van der Waals surface area contributed by atoms with Crippen molar-refractivity contribution in [2.75, 3.05) is 19.5 Å². The van der Waals surface area contributed by atoms with E-state index in [0.29, 0.717) is 35.0 Å². The van der Waals surface area contributed by atoms with Crippen LogP contribution in [0.15, 0.2) is 53.1 Å². The van der Waals surface area contributed by atoms with Crippen molar-refractivity contribution in [2.45, 2.75) is 25.5 Å². The predicted octanol–water partition coefficient (Wildman–Crippen LogP) is 7.09. The lowest BCUT2D eigenvalue weighted by Gasteiger charge is -2.18. The van der Waals surface area contributed by atoms with Crippen LogP contribution in [-0.4, -0.2) is 19.2 Å². The monoisotopic (exact) mass is 564 g/mol. The molecule has 0 saturated carbocycles. The molecule has 0 unspecified atom stereocenters. The minimum atomic E-state index is -4.96. The van der Waals surface area contributed by atoms with Gasteiger partial charge in [0.2, 0.25) is 0 Å². The first-order valence-corrected chi connectivity index (χ1v) is 10.7. The average molecular weight is 565 g/mol. The fraction of sp³-hybridized carbons (Fsp3) is 0.261. The van der Waals surface area contributed by atoms with Gasteiger partial charge in [-0.05, 0) is 51.8 Å². The topological polar surface area (TPSA) is 52.6 Å². The third-order valence-corrected chi connectivity index (χ3v) is 5.28. The summed E-state index contributed by atoms with van der Waals surface area (Å²) >= 11 is 3.28. The number of methoxy groups -OCH3 is 2. The van der Waals surface area contributed by atoms with Gasteiger partial charge < -0.3 is 19.5 Å². The van der Waals surface area contributed by atoms with Crippen LogP contribution in [0.1, 0.15) is 22.3 Å². The third-order valence-electron chi connectivity index (χ3n) is 4.81. The molecule has 12 heteroatoms. The first-order chi connectivity index (χ1) is 16.4. The van der Waals surface area contributed by atoms with Crippen molar-refractivity contribution in [1.29, 1.82) is 0 Å². The maximum Gasteiger partial charge on any atom is 0.416 e. The molecule has 0 saturated heterocycles. The fourth-order valence-corrected chi connectivity index (χ4v) is 3.36. The standard InChI is InChI=1S/C23H19BrF6N2O3/c1-33-17-8-19(34-2)18(11-32-21-4-3-16(24)10-31-21)20(9-17)35-12-13-5-14(22(25,26)27)7-15(6-13)23(28,29)30/h3-10H,11-12H2,1-2H3,(H,31,32). The smallest absolute Gasteiger partial charge is 0.416 e. The Hall–Kier alpha value is -3.15. The number of hydrogen-bond donors (Lipinski definition) is 1. The Morgan fingerprint density at radius 1 is 0.857 bits per heavy atom. The molecule has 0 aliphatic heterocycles. The van der Waals surface area contributed by atoms with Crippen molar-refractivity contribution in [1.82, 2.24) is 4.98 Å². The van der Waals surface area contributed by atoms with Gasteiger partial charge in [-0.25, -0.2) is 4.98 Å². The maximum absolute atomic E-state index is 13.2. The van der Waals surface area contributed by atoms with E-state index in [4.69, 9.17) is 14.2 Å². The predicted molar refractivity (Wildman–Crippen MR) is 120 cm³/mol. The molecule has 3 aromatic rings. The Kier molecular flexibility index (Phi) is 8.04. The summed E-state index contributed by atoms with van der Waals surface area (Å²) in [5.41, 5.74) is -2.68. The largest absolute Gasteiger partial charge is 0.496 e. The number of anilines is 1. The van der Waals surface area contributed by atoms with E-state index in [9.17, 15) is 26.3 Å². The highest BCUT2D eigenvalue weighted by molar-refractivity contribution is 9.10. The van der Waals surface area contributed by atoms with E-state index in [-0.39, 0.29) is 23.9 Å². The fourth-order valence-electron chi connectivity index (χ4n) is 3.12. The zero-order chi connectivity index (χ0) is 25.8. The van der Waals surface area contributed by atoms with E-state index in [0.717, 1.165) is 4.47 Å². The SMILES string of the molecule is COc1cc(OC)c(CNc2ccc(Br)cn2)c(OCc2cc(C(F)(F)F)cc(C(F)(F)F)c2)c1. The number of rotatable bonds is 8. The Morgan fingerprint density at radius 3 is 2.00 bits per heavy atom. The average Bonchev–Trinajstić information content (AvgIpc) is 2.80. The maximum atomic E-state index is 13.2. The summed E-state index contributed by atoms with van der Waals surface area (Å²) < 4.78 is 96.2. The molecule has 2 aromatic carbocycles. The number of benzene rings is 2. The van der Waals surface area contributed by atoms with Gasteiger partial charge >= 0.3 is 12.4 Å². The van der Waals surface area contributed by atoms with Gasteiger partial charge in [0, 0.05) is 29.3 Å². The summed E-state index contributed by atoms with van der Waals surface area (Å²) in [7, 11) is 2.80. The minimum Gasteiger partial charge on any atom is -0.496 e. The second-order valence-corrected chi connectivity index (χ2v) is 8.14. The second kappa shape index (κ2) is 10.6. The summed E-state index contributed by atoms with van der Waals surface area (Å²) in [4.78, 5) is 4.19. The first-order valence-electron chi connectivity index (χ1n) is 9.92. The molecule has 0 bridgehead atoms. The van der Waals surface area contributed by atoms with Gasteiger partial charge in [0.15, 0.2) is 0 Å². The van der Waals surface area contributed by atoms with Crippen LogP contribution in [0.3, 0.4) is 0 Å². The minimum absolute atomic E-state index is 0.0681. The normalized spacial score (nSPS) is 11.8. The molecule has 1 aromatic heterocycles. The number of nitrogens with zero attached hydrogens (tertiary/aromatic N) is 1. The van der Waals surface area contributed by atoms with Gasteiger partial charge in [0.25, 0.3) is 0 Å². The Balaban J connectivity index is 1.93. The Morgan fingerprint density at radius 2 is 1.49 bits per heavy atom. The lowest BCUT2D eigenvalue weighted by atomic mass is 10.1. The van der Waals surface area contributed by atoms with Crippen LogP contribution >= 0.6 is 15.9 Å². The van der Waals surface area contributed by atoms with Crippen LogP contribution in [0.4, 0.5) is 32.2 Å². The van der Waals surface area contributed by atoms with Gasteiger partial charge in [-0.1, -0.05) is 0 Å². The molecule has 0 aliphatic rings.